The van der Waals surface area contributed by atoms with Gasteiger partial charge in [-0.1, -0.05) is 18.2 Å². The molecule has 6 rings (SSSR count). The number of ether oxygens (including phenoxy) is 2. The summed E-state index contributed by atoms with van der Waals surface area (Å²) in [7, 11) is 1.77. The number of rotatable bonds is 5. The van der Waals surface area contributed by atoms with Gasteiger partial charge in [-0.15, -0.1) is 0 Å². The number of fused-ring (bicyclic) bond motifs is 1. The third kappa shape index (κ3) is 3.51. The summed E-state index contributed by atoms with van der Waals surface area (Å²) in [5, 5.41) is 5.86. The first kappa shape index (κ1) is 21.9. The van der Waals surface area contributed by atoms with Crippen LogP contribution in [-0.2, 0) is 9.47 Å². The normalized spacial score (nSPS) is 24.1. The van der Waals surface area contributed by atoms with Crippen LogP contribution < -0.4 is 4.90 Å². The van der Waals surface area contributed by atoms with E-state index in [1.54, 1.807) is 19.4 Å². The predicted octanol–water partition coefficient (Wildman–Crippen LogP) is 4.24. The molecule has 0 bridgehead atoms. The maximum absolute atomic E-state index is 15.3. The topological polar surface area (TPSA) is 55.7 Å². The zero-order valence-corrected chi connectivity index (χ0v) is 20.1. The largest absolute Gasteiger partial charge is 0.376 e. The van der Waals surface area contributed by atoms with Crippen LogP contribution in [0.2, 0.25) is 0 Å². The second-order valence-electron chi connectivity index (χ2n) is 10.5. The van der Waals surface area contributed by atoms with Gasteiger partial charge in [0.2, 0.25) is 0 Å². The van der Waals surface area contributed by atoms with Gasteiger partial charge in [0, 0.05) is 57.0 Å². The highest BCUT2D eigenvalue weighted by molar-refractivity contribution is 5.93. The van der Waals surface area contributed by atoms with Crippen molar-refractivity contribution in [3.05, 3.63) is 42.3 Å². The smallest absolute Gasteiger partial charge is 0.166 e. The number of aromatic nitrogens is 3. The second-order valence-corrected chi connectivity index (χ2v) is 10.5. The minimum Gasteiger partial charge on any atom is -0.376 e. The monoisotopic (exact) mass is 465 g/mol. The van der Waals surface area contributed by atoms with Crippen molar-refractivity contribution in [2.45, 2.75) is 50.5 Å². The van der Waals surface area contributed by atoms with Crippen LogP contribution >= 0.6 is 0 Å². The lowest BCUT2D eigenvalue weighted by Crippen LogP contribution is -2.77. The molecule has 0 aliphatic carbocycles. The summed E-state index contributed by atoms with van der Waals surface area (Å²) in [4.78, 5) is 8.99. The number of nitrogens with zero attached hydrogens (tertiary/aromatic N) is 5. The Labute approximate surface area is 199 Å². The summed E-state index contributed by atoms with van der Waals surface area (Å²) >= 11 is 0. The summed E-state index contributed by atoms with van der Waals surface area (Å²) in [6, 6.07) is 9.65. The number of anilines is 1. The molecule has 0 spiro atoms. The number of methoxy groups -OCH3 is 1. The summed E-state index contributed by atoms with van der Waals surface area (Å²) < 4.78 is 28.8. The van der Waals surface area contributed by atoms with Gasteiger partial charge in [-0.25, -0.2) is 14.1 Å². The Balaban J connectivity index is 1.24. The maximum atomic E-state index is 15.3. The van der Waals surface area contributed by atoms with E-state index in [9.17, 15) is 0 Å². The standard InChI is InChI=1S/C26H32FN5O2/c1-25(31-16-26(2,17-31)33-3)14-30(15-25)24-20(27)12-18(13-28-24)23-19-8-4-5-9-21(19)32(29-23)22-10-6-7-11-34-22/h4-5,8-9,12-13,22H,6-7,10-11,14-17H2,1-3H3. The van der Waals surface area contributed by atoms with Gasteiger partial charge in [-0.05, 0) is 45.2 Å². The van der Waals surface area contributed by atoms with Crippen molar-refractivity contribution in [1.82, 2.24) is 19.7 Å². The molecule has 0 amide bonds. The first-order valence-electron chi connectivity index (χ1n) is 12.2. The third-order valence-electron chi connectivity index (χ3n) is 7.81. The minimum absolute atomic E-state index is 0.0276. The van der Waals surface area contributed by atoms with E-state index >= 15 is 4.39 Å². The predicted molar refractivity (Wildman–Crippen MR) is 129 cm³/mol. The van der Waals surface area contributed by atoms with Gasteiger partial charge in [-0.3, -0.25) is 4.90 Å². The first-order chi connectivity index (χ1) is 16.4. The van der Waals surface area contributed by atoms with E-state index in [4.69, 9.17) is 14.6 Å². The molecule has 3 fully saturated rings. The number of likely N-dealkylation sites (tertiary alicyclic amines) is 1. The Bertz CT molecular complexity index is 1210. The van der Waals surface area contributed by atoms with E-state index in [-0.39, 0.29) is 23.2 Å². The zero-order chi connectivity index (χ0) is 23.5. The highest BCUT2D eigenvalue weighted by Crippen LogP contribution is 2.39. The molecule has 180 valence electrons. The molecule has 0 N–H and O–H groups in total. The van der Waals surface area contributed by atoms with Crippen molar-refractivity contribution in [3.8, 4) is 11.3 Å². The zero-order valence-electron chi connectivity index (χ0n) is 20.1. The molecule has 5 heterocycles. The molecule has 3 aliphatic heterocycles. The lowest BCUT2D eigenvalue weighted by Gasteiger charge is -2.61. The number of hydrogen-bond acceptors (Lipinski definition) is 6. The molecule has 1 atom stereocenters. The quantitative estimate of drug-likeness (QED) is 0.562. The molecule has 3 aliphatic rings. The number of pyridine rings is 1. The molecular formula is C26H32FN5O2. The highest BCUT2D eigenvalue weighted by atomic mass is 19.1. The Morgan fingerprint density at radius 2 is 1.91 bits per heavy atom. The maximum Gasteiger partial charge on any atom is 0.166 e. The summed E-state index contributed by atoms with van der Waals surface area (Å²) in [6.45, 7) is 8.44. The first-order valence-corrected chi connectivity index (χ1v) is 12.2. The summed E-state index contributed by atoms with van der Waals surface area (Å²) in [6.07, 6.45) is 4.81. The third-order valence-corrected chi connectivity index (χ3v) is 7.81. The van der Waals surface area contributed by atoms with E-state index in [2.05, 4.69) is 23.7 Å². The molecule has 0 saturated carbocycles. The Morgan fingerprint density at radius 3 is 2.62 bits per heavy atom. The van der Waals surface area contributed by atoms with Crippen molar-refractivity contribution >= 4 is 16.7 Å². The Kier molecular flexibility index (Phi) is 5.17. The van der Waals surface area contributed by atoms with Gasteiger partial charge in [0.1, 0.15) is 5.69 Å². The van der Waals surface area contributed by atoms with E-state index in [1.165, 1.54) is 0 Å². The summed E-state index contributed by atoms with van der Waals surface area (Å²) in [5.41, 5.74) is 2.40. The van der Waals surface area contributed by atoms with Crippen molar-refractivity contribution < 1.29 is 13.9 Å². The van der Waals surface area contributed by atoms with Crippen LogP contribution in [0.15, 0.2) is 36.5 Å². The SMILES string of the molecule is COC1(C)CN(C2(C)CN(c3ncc(-c4nn(C5CCCCO5)c5ccccc45)cc3F)C2)C1. The van der Waals surface area contributed by atoms with Crippen LogP contribution in [0, 0.1) is 5.82 Å². The fraction of sp³-hybridized carbons (Fsp3) is 0.538. The van der Waals surface area contributed by atoms with Crippen LogP contribution in [0.1, 0.15) is 39.3 Å². The lowest BCUT2D eigenvalue weighted by molar-refractivity contribution is -0.152. The van der Waals surface area contributed by atoms with Crippen LogP contribution in [0.4, 0.5) is 10.2 Å². The molecule has 1 aromatic carbocycles. The van der Waals surface area contributed by atoms with Crippen LogP contribution in [0.5, 0.6) is 0 Å². The van der Waals surface area contributed by atoms with E-state index in [0.29, 0.717) is 11.4 Å². The van der Waals surface area contributed by atoms with Crippen molar-refractivity contribution in [2.75, 3.05) is 44.8 Å². The molecule has 34 heavy (non-hydrogen) atoms. The number of para-hydroxylation sites is 1. The average Bonchev–Trinajstić information content (AvgIpc) is 3.20. The van der Waals surface area contributed by atoms with E-state index in [1.807, 2.05) is 33.8 Å². The van der Waals surface area contributed by atoms with Gasteiger partial charge in [0.15, 0.2) is 17.9 Å². The number of benzene rings is 1. The second kappa shape index (κ2) is 8.00. The van der Waals surface area contributed by atoms with Crippen LogP contribution in [0.25, 0.3) is 22.2 Å². The van der Waals surface area contributed by atoms with Gasteiger partial charge in [-0.2, -0.15) is 5.10 Å². The molecule has 7 nitrogen and oxygen atoms in total. The van der Waals surface area contributed by atoms with Crippen LogP contribution in [-0.4, -0.2) is 70.7 Å². The molecule has 3 aromatic rings. The van der Waals surface area contributed by atoms with E-state index < -0.39 is 0 Å². The Morgan fingerprint density at radius 1 is 1.12 bits per heavy atom. The van der Waals surface area contributed by atoms with Crippen molar-refractivity contribution in [2.24, 2.45) is 0 Å². The average molecular weight is 466 g/mol. The summed E-state index contributed by atoms with van der Waals surface area (Å²) in [5.74, 6) is 0.105. The fourth-order valence-corrected chi connectivity index (χ4v) is 5.63. The van der Waals surface area contributed by atoms with Gasteiger partial charge in [0.05, 0.1) is 16.7 Å². The van der Waals surface area contributed by atoms with Crippen LogP contribution in [0.3, 0.4) is 0 Å². The molecule has 1 unspecified atom stereocenters. The number of halogens is 1. The minimum atomic E-state index is -0.308. The van der Waals surface area contributed by atoms with Gasteiger partial charge >= 0.3 is 0 Å². The molecular weight excluding hydrogens is 433 g/mol. The highest BCUT2D eigenvalue weighted by Gasteiger charge is 2.53. The van der Waals surface area contributed by atoms with Gasteiger partial charge in [0.25, 0.3) is 0 Å². The fourth-order valence-electron chi connectivity index (χ4n) is 5.63. The molecule has 0 radical (unpaired) electrons. The lowest BCUT2D eigenvalue weighted by atomic mass is 9.82. The molecule has 8 heteroatoms. The number of hydrogen-bond donors (Lipinski definition) is 0. The Hall–Kier alpha value is -2.55. The van der Waals surface area contributed by atoms with Gasteiger partial charge < -0.3 is 14.4 Å². The molecule has 2 aromatic heterocycles. The van der Waals surface area contributed by atoms with Crippen molar-refractivity contribution in [1.29, 1.82) is 0 Å². The van der Waals surface area contributed by atoms with Crippen molar-refractivity contribution in [3.63, 3.8) is 0 Å². The van der Waals surface area contributed by atoms with E-state index in [0.717, 1.165) is 68.6 Å². The molecule has 3 saturated heterocycles.